The van der Waals surface area contributed by atoms with Gasteiger partial charge in [-0.25, -0.2) is 8.78 Å². The molecule has 0 aliphatic heterocycles. The van der Waals surface area contributed by atoms with E-state index < -0.39 is 30.1 Å². The Bertz CT molecular complexity index is 981. The van der Waals surface area contributed by atoms with Crippen LogP contribution in [-0.4, -0.2) is 18.5 Å². The van der Waals surface area contributed by atoms with Crippen molar-refractivity contribution in [2.24, 2.45) is 0 Å². The molecule has 0 unspecified atom stereocenters. The zero-order valence-corrected chi connectivity index (χ0v) is 13.8. The van der Waals surface area contributed by atoms with E-state index in [-0.39, 0.29) is 12.1 Å². The summed E-state index contributed by atoms with van der Waals surface area (Å²) in [6.45, 7) is 1.35. The highest BCUT2D eigenvalue weighted by Gasteiger charge is 2.14. The first-order valence-electron chi connectivity index (χ1n) is 7.79. The number of anilines is 1. The molecule has 7 heteroatoms. The van der Waals surface area contributed by atoms with Crippen LogP contribution in [0.1, 0.15) is 11.1 Å². The van der Waals surface area contributed by atoms with Crippen molar-refractivity contribution in [3.05, 3.63) is 65.4 Å². The Balaban J connectivity index is 1.55. The van der Waals surface area contributed by atoms with Crippen LogP contribution in [0.15, 0.2) is 47.1 Å². The second-order valence-corrected chi connectivity index (χ2v) is 5.77. The van der Waals surface area contributed by atoms with Crippen molar-refractivity contribution in [2.45, 2.75) is 13.3 Å². The number of hydrogen-bond acceptors (Lipinski definition) is 4. The lowest BCUT2D eigenvalue weighted by Crippen LogP contribution is -2.22. The van der Waals surface area contributed by atoms with Crippen LogP contribution in [0.25, 0.3) is 11.0 Å². The Labute approximate surface area is 147 Å². The Hall–Kier alpha value is -3.22. The van der Waals surface area contributed by atoms with Crippen molar-refractivity contribution < 1.29 is 27.5 Å². The van der Waals surface area contributed by atoms with Gasteiger partial charge in [-0.3, -0.25) is 9.59 Å². The summed E-state index contributed by atoms with van der Waals surface area (Å²) in [4.78, 5) is 23.7. The van der Waals surface area contributed by atoms with Crippen molar-refractivity contribution in [2.75, 3.05) is 11.9 Å². The lowest BCUT2D eigenvalue weighted by atomic mass is 10.1. The van der Waals surface area contributed by atoms with Gasteiger partial charge in [0.2, 0.25) is 0 Å². The largest absolute Gasteiger partial charge is 0.464 e. The molecule has 0 saturated carbocycles. The summed E-state index contributed by atoms with van der Waals surface area (Å²) in [6, 6.07) is 8.35. The van der Waals surface area contributed by atoms with Gasteiger partial charge in [0.1, 0.15) is 17.2 Å². The number of fused-ring (bicyclic) bond motifs is 1. The predicted octanol–water partition coefficient (Wildman–Crippen LogP) is 3.74. The van der Waals surface area contributed by atoms with Crippen LogP contribution in [0.2, 0.25) is 0 Å². The summed E-state index contributed by atoms with van der Waals surface area (Å²) in [5.74, 6) is -3.01. The molecule has 1 aromatic heterocycles. The molecule has 0 fully saturated rings. The molecule has 2 aromatic carbocycles. The number of rotatable bonds is 5. The number of esters is 1. The molecule has 0 bridgehead atoms. The number of ether oxygens (including phenoxy) is 1. The van der Waals surface area contributed by atoms with Gasteiger partial charge in [0.25, 0.3) is 5.91 Å². The number of nitrogens with one attached hydrogen (secondary N) is 1. The number of carbonyl (C=O) groups is 2. The van der Waals surface area contributed by atoms with E-state index in [9.17, 15) is 18.4 Å². The number of furan rings is 1. The minimum atomic E-state index is -0.912. The highest BCUT2D eigenvalue weighted by molar-refractivity contribution is 5.93. The molecule has 134 valence electrons. The lowest BCUT2D eigenvalue weighted by molar-refractivity contribution is -0.146. The van der Waals surface area contributed by atoms with Gasteiger partial charge in [0, 0.05) is 17.0 Å². The van der Waals surface area contributed by atoms with Gasteiger partial charge >= 0.3 is 5.97 Å². The highest BCUT2D eigenvalue weighted by atomic mass is 19.1. The Morgan fingerprint density at radius 3 is 2.73 bits per heavy atom. The lowest BCUT2D eigenvalue weighted by Gasteiger charge is -2.07. The van der Waals surface area contributed by atoms with E-state index in [0.29, 0.717) is 17.2 Å². The van der Waals surface area contributed by atoms with Gasteiger partial charge < -0.3 is 14.5 Å². The quantitative estimate of drug-likeness (QED) is 0.705. The molecule has 3 rings (SSSR count). The number of carbonyl (C=O) groups excluding carboxylic acids is 2. The van der Waals surface area contributed by atoms with Crippen LogP contribution in [0.3, 0.4) is 0 Å². The molecule has 0 spiro atoms. The van der Waals surface area contributed by atoms with Gasteiger partial charge in [0.15, 0.2) is 6.61 Å². The van der Waals surface area contributed by atoms with Crippen LogP contribution in [-0.2, 0) is 20.7 Å². The molecule has 5 nitrogen and oxygen atoms in total. The fraction of sp³-hybridized carbons (Fsp3) is 0.158. The smallest absolute Gasteiger partial charge is 0.310 e. The van der Waals surface area contributed by atoms with Gasteiger partial charge in [-0.15, -0.1) is 0 Å². The number of hydrogen-bond donors (Lipinski definition) is 1. The summed E-state index contributed by atoms with van der Waals surface area (Å²) in [5, 5.41) is 3.01. The van der Waals surface area contributed by atoms with E-state index in [0.717, 1.165) is 23.1 Å². The fourth-order valence-electron chi connectivity index (χ4n) is 2.46. The van der Waals surface area contributed by atoms with E-state index >= 15 is 0 Å². The van der Waals surface area contributed by atoms with E-state index in [1.807, 2.05) is 25.1 Å². The van der Waals surface area contributed by atoms with Gasteiger partial charge in [-0.2, -0.15) is 0 Å². The minimum Gasteiger partial charge on any atom is -0.464 e. The Morgan fingerprint density at radius 2 is 1.96 bits per heavy atom. The molecule has 1 heterocycles. The molecule has 0 aliphatic carbocycles. The molecule has 1 amide bonds. The zero-order valence-electron chi connectivity index (χ0n) is 13.8. The molecular weight excluding hydrogens is 344 g/mol. The number of halogens is 2. The number of amides is 1. The standard InChI is InChI=1S/C19H15F2NO4/c1-11-2-4-14-12(9-25-17(14)6-11)7-19(24)26-10-18(23)22-16-5-3-13(20)8-15(16)21/h2-6,8-9H,7,10H2,1H3,(H,22,23). The Kier molecular flexibility index (Phi) is 4.97. The normalized spacial score (nSPS) is 10.7. The summed E-state index contributed by atoms with van der Waals surface area (Å²) in [7, 11) is 0. The zero-order chi connectivity index (χ0) is 18.7. The summed E-state index contributed by atoms with van der Waals surface area (Å²) >= 11 is 0. The third-order valence-electron chi connectivity index (χ3n) is 3.72. The van der Waals surface area contributed by atoms with Crippen LogP contribution in [0, 0.1) is 18.6 Å². The maximum Gasteiger partial charge on any atom is 0.310 e. The summed E-state index contributed by atoms with van der Waals surface area (Å²) < 4.78 is 36.6. The molecule has 3 aromatic rings. The number of benzene rings is 2. The molecule has 0 atom stereocenters. The van der Waals surface area contributed by atoms with Crippen molar-refractivity contribution in [1.29, 1.82) is 0 Å². The molecule has 1 N–H and O–H groups in total. The molecular formula is C19H15F2NO4. The second-order valence-electron chi connectivity index (χ2n) is 5.77. The van der Waals surface area contributed by atoms with Crippen molar-refractivity contribution in [1.82, 2.24) is 0 Å². The summed E-state index contributed by atoms with van der Waals surface area (Å²) in [5.41, 5.74) is 2.15. The second kappa shape index (κ2) is 7.35. The molecule has 26 heavy (non-hydrogen) atoms. The van der Waals surface area contributed by atoms with Gasteiger partial charge in [-0.1, -0.05) is 12.1 Å². The number of aryl methyl sites for hydroxylation is 1. The first-order chi connectivity index (χ1) is 12.4. The topological polar surface area (TPSA) is 68.5 Å². The minimum absolute atomic E-state index is 0.0613. The molecule has 0 saturated heterocycles. The van der Waals surface area contributed by atoms with Crippen molar-refractivity contribution >= 4 is 28.5 Å². The van der Waals surface area contributed by atoms with Crippen molar-refractivity contribution in [3.8, 4) is 0 Å². The predicted molar refractivity (Wildman–Crippen MR) is 90.6 cm³/mol. The van der Waals surface area contributed by atoms with Crippen LogP contribution < -0.4 is 5.32 Å². The highest BCUT2D eigenvalue weighted by Crippen LogP contribution is 2.23. The average Bonchev–Trinajstić information content (AvgIpc) is 2.97. The maximum atomic E-state index is 13.5. The van der Waals surface area contributed by atoms with E-state index in [4.69, 9.17) is 9.15 Å². The molecule has 0 radical (unpaired) electrons. The van der Waals surface area contributed by atoms with Gasteiger partial charge in [0.05, 0.1) is 18.4 Å². The van der Waals surface area contributed by atoms with Gasteiger partial charge in [-0.05, 0) is 30.7 Å². The van der Waals surface area contributed by atoms with E-state index in [2.05, 4.69) is 5.32 Å². The van der Waals surface area contributed by atoms with E-state index in [1.165, 1.54) is 6.26 Å². The van der Waals surface area contributed by atoms with E-state index in [1.54, 1.807) is 0 Å². The third kappa shape index (κ3) is 4.05. The van der Waals surface area contributed by atoms with Crippen LogP contribution in [0.4, 0.5) is 14.5 Å². The van der Waals surface area contributed by atoms with Crippen LogP contribution in [0.5, 0.6) is 0 Å². The molecule has 0 aliphatic rings. The SMILES string of the molecule is Cc1ccc2c(CC(=O)OCC(=O)Nc3ccc(F)cc3F)coc2c1. The monoisotopic (exact) mass is 359 g/mol. The fourth-order valence-corrected chi connectivity index (χ4v) is 2.46. The third-order valence-corrected chi connectivity index (χ3v) is 3.72. The average molecular weight is 359 g/mol. The Morgan fingerprint density at radius 1 is 1.15 bits per heavy atom. The first kappa shape index (κ1) is 17.6. The maximum absolute atomic E-state index is 13.5. The summed E-state index contributed by atoms with van der Waals surface area (Å²) in [6.07, 6.45) is 1.41. The van der Waals surface area contributed by atoms with Crippen LogP contribution >= 0.6 is 0 Å². The van der Waals surface area contributed by atoms with Crippen molar-refractivity contribution in [3.63, 3.8) is 0 Å². The first-order valence-corrected chi connectivity index (χ1v) is 7.79.